The fraction of sp³-hybridized carbons (Fsp3) is 0.286. The van der Waals surface area contributed by atoms with Crippen molar-refractivity contribution in [2.75, 3.05) is 24.3 Å². The van der Waals surface area contributed by atoms with Gasteiger partial charge in [-0.25, -0.2) is 4.98 Å². The number of nitrogens with two attached hydrogens (primary N) is 1. The number of fused-ring (bicyclic) bond motifs is 1. The smallest absolute Gasteiger partial charge is 0.242 e. The molecule has 2 N–H and O–H groups in total. The minimum atomic E-state index is 0.434. The van der Waals surface area contributed by atoms with Crippen LogP contribution in [0.15, 0.2) is 30.6 Å². The van der Waals surface area contributed by atoms with E-state index in [1.54, 1.807) is 7.11 Å². The van der Waals surface area contributed by atoms with Crippen molar-refractivity contribution in [3.05, 3.63) is 41.7 Å². The largest absolute Gasteiger partial charge is 0.479 e. The molecular weight excluding hydrogens is 240 g/mol. The highest BCUT2D eigenvalue weighted by Crippen LogP contribution is 2.31. The second kappa shape index (κ2) is 4.76. The van der Waals surface area contributed by atoms with E-state index in [1.165, 1.54) is 17.5 Å². The van der Waals surface area contributed by atoms with Gasteiger partial charge in [-0.05, 0) is 17.5 Å². The van der Waals surface area contributed by atoms with Gasteiger partial charge in [-0.15, -0.1) is 0 Å². The molecule has 0 fully saturated rings. The van der Waals surface area contributed by atoms with E-state index >= 15 is 0 Å². The van der Waals surface area contributed by atoms with Crippen molar-refractivity contribution in [1.82, 2.24) is 9.97 Å². The maximum atomic E-state index is 6.05. The molecule has 0 saturated carbocycles. The molecule has 1 aliphatic heterocycles. The van der Waals surface area contributed by atoms with Crippen LogP contribution >= 0.6 is 0 Å². The zero-order valence-corrected chi connectivity index (χ0v) is 10.8. The Morgan fingerprint density at radius 3 is 2.79 bits per heavy atom. The molecule has 0 amide bonds. The summed E-state index contributed by atoms with van der Waals surface area (Å²) in [6, 6.07) is 8.47. The summed E-state index contributed by atoms with van der Waals surface area (Å²) in [5.74, 6) is 1.19. The van der Waals surface area contributed by atoms with Gasteiger partial charge < -0.3 is 15.4 Å². The molecule has 2 aromatic rings. The van der Waals surface area contributed by atoms with Crippen LogP contribution in [-0.4, -0.2) is 23.6 Å². The van der Waals surface area contributed by atoms with Crippen molar-refractivity contribution < 1.29 is 4.74 Å². The number of ether oxygens (including phenoxy) is 1. The third-order valence-electron chi connectivity index (χ3n) is 3.45. The van der Waals surface area contributed by atoms with Crippen LogP contribution in [0, 0.1) is 0 Å². The van der Waals surface area contributed by atoms with E-state index in [0.717, 1.165) is 25.3 Å². The van der Waals surface area contributed by atoms with Crippen LogP contribution in [0.2, 0.25) is 0 Å². The molecule has 0 bridgehead atoms. The number of hydrogen-bond acceptors (Lipinski definition) is 5. The van der Waals surface area contributed by atoms with Gasteiger partial charge >= 0.3 is 0 Å². The number of anilines is 2. The molecule has 0 radical (unpaired) electrons. The number of rotatable bonds is 2. The third kappa shape index (κ3) is 2.07. The zero-order chi connectivity index (χ0) is 13.2. The van der Waals surface area contributed by atoms with Gasteiger partial charge in [0.1, 0.15) is 12.0 Å². The molecule has 1 aliphatic rings. The Labute approximate surface area is 112 Å². The molecule has 5 heteroatoms. The normalized spacial score (nSPS) is 14.1. The van der Waals surface area contributed by atoms with Gasteiger partial charge in [-0.1, -0.05) is 24.3 Å². The number of nitrogens with zero attached hydrogens (tertiary/aromatic N) is 3. The van der Waals surface area contributed by atoms with Crippen LogP contribution in [0.25, 0.3) is 0 Å². The second-order valence-corrected chi connectivity index (χ2v) is 4.56. The fourth-order valence-corrected chi connectivity index (χ4v) is 2.46. The van der Waals surface area contributed by atoms with E-state index < -0.39 is 0 Å². The van der Waals surface area contributed by atoms with Crippen LogP contribution in [0.1, 0.15) is 11.1 Å². The van der Waals surface area contributed by atoms with Gasteiger partial charge in [0, 0.05) is 13.1 Å². The number of aromatic nitrogens is 2. The highest BCUT2D eigenvalue weighted by Gasteiger charge is 2.20. The van der Waals surface area contributed by atoms with Gasteiger partial charge in [0.15, 0.2) is 5.82 Å². The Morgan fingerprint density at radius 1 is 1.21 bits per heavy atom. The average Bonchev–Trinajstić information content (AvgIpc) is 2.47. The van der Waals surface area contributed by atoms with Gasteiger partial charge in [-0.2, -0.15) is 4.98 Å². The quantitative estimate of drug-likeness (QED) is 0.884. The van der Waals surface area contributed by atoms with Crippen molar-refractivity contribution in [3.8, 4) is 5.88 Å². The summed E-state index contributed by atoms with van der Waals surface area (Å²) in [6.07, 6.45) is 2.49. The lowest BCUT2D eigenvalue weighted by molar-refractivity contribution is 0.399. The molecule has 1 aromatic carbocycles. The highest BCUT2D eigenvalue weighted by atomic mass is 16.5. The molecule has 0 aliphatic carbocycles. The molecule has 2 heterocycles. The summed E-state index contributed by atoms with van der Waals surface area (Å²) < 4.78 is 5.14. The number of methoxy groups -OCH3 is 1. The maximum absolute atomic E-state index is 6.05. The Morgan fingerprint density at radius 2 is 2.00 bits per heavy atom. The lowest BCUT2D eigenvalue weighted by Crippen LogP contribution is -2.31. The summed E-state index contributed by atoms with van der Waals surface area (Å²) in [5.41, 5.74) is 9.28. The topological polar surface area (TPSA) is 64.3 Å². The van der Waals surface area contributed by atoms with Crippen LogP contribution in [0.5, 0.6) is 5.88 Å². The molecule has 0 atom stereocenters. The first-order valence-electron chi connectivity index (χ1n) is 6.26. The van der Waals surface area contributed by atoms with Crippen LogP contribution in [0.3, 0.4) is 0 Å². The minimum Gasteiger partial charge on any atom is -0.479 e. The van der Waals surface area contributed by atoms with E-state index in [0.29, 0.717) is 11.6 Å². The standard InChI is InChI=1S/C14H16N4O/c1-19-14-12(15)13(16-9-17-14)18-7-6-10-4-2-3-5-11(10)8-18/h2-5,9H,6-8,15H2,1H3. The van der Waals surface area contributed by atoms with Gasteiger partial charge in [0.25, 0.3) is 0 Å². The second-order valence-electron chi connectivity index (χ2n) is 4.56. The first kappa shape index (κ1) is 11.8. The van der Waals surface area contributed by atoms with E-state index in [2.05, 4.69) is 39.1 Å². The highest BCUT2D eigenvalue weighted by molar-refractivity contribution is 5.68. The first-order valence-corrected chi connectivity index (χ1v) is 6.26. The van der Waals surface area contributed by atoms with Gasteiger partial charge in [0.2, 0.25) is 5.88 Å². The van der Waals surface area contributed by atoms with E-state index in [4.69, 9.17) is 10.5 Å². The van der Waals surface area contributed by atoms with E-state index in [-0.39, 0.29) is 0 Å². The van der Waals surface area contributed by atoms with Crippen molar-refractivity contribution >= 4 is 11.5 Å². The SMILES string of the molecule is COc1ncnc(N2CCc3ccccc3C2)c1N. The van der Waals surface area contributed by atoms with E-state index in [1.807, 2.05) is 0 Å². The summed E-state index contributed by atoms with van der Waals surface area (Å²) >= 11 is 0. The van der Waals surface area contributed by atoms with Gasteiger partial charge in [0.05, 0.1) is 7.11 Å². The number of nitrogen functional groups attached to an aromatic ring is 1. The van der Waals surface area contributed by atoms with Gasteiger partial charge in [-0.3, -0.25) is 0 Å². The third-order valence-corrected chi connectivity index (χ3v) is 3.45. The average molecular weight is 256 g/mol. The molecule has 19 heavy (non-hydrogen) atoms. The Kier molecular flexibility index (Phi) is 2.95. The molecule has 5 nitrogen and oxygen atoms in total. The number of benzene rings is 1. The molecule has 98 valence electrons. The minimum absolute atomic E-state index is 0.434. The zero-order valence-electron chi connectivity index (χ0n) is 10.8. The Hall–Kier alpha value is -2.30. The first-order chi connectivity index (χ1) is 9.29. The number of hydrogen-bond donors (Lipinski definition) is 1. The summed E-state index contributed by atoms with van der Waals surface area (Å²) in [5, 5.41) is 0. The Bertz CT molecular complexity index is 600. The lowest BCUT2D eigenvalue weighted by Gasteiger charge is -2.30. The van der Waals surface area contributed by atoms with Crippen molar-refractivity contribution in [2.45, 2.75) is 13.0 Å². The van der Waals surface area contributed by atoms with Crippen molar-refractivity contribution in [1.29, 1.82) is 0 Å². The Balaban J connectivity index is 1.93. The van der Waals surface area contributed by atoms with Crippen molar-refractivity contribution in [3.63, 3.8) is 0 Å². The fourth-order valence-electron chi connectivity index (χ4n) is 2.46. The molecule has 3 rings (SSSR count). The predicted molar refractivity (Wildman–Crippen MR) is 74.2 cm³/mol. The lowest BCUT2D eigenvalue weighted by atomic mass is 10.00. The summed E-state index contributed by atoms with van der Waals surface area (Å²) in [6.45, 7) is 1.72. The maximum Gasteiger partial charge on any atom is 0.242 e. The molecule has 1 aromatic heterocycles. The van der Waals surface area contributed by atoms with Crippen LogP contribution < -0.4 is 15.4 Å². The summed E-state index contributed by atoms with van der Waals surface area (Å²) in [4.78, 5) is 10.5. The summed E-state index contributed by atoms with van der Waals surface area (Å²) in [7, 11) is 1.56. The monoisotopic (exact) mass is 256 g/mol. The van der Waals surface area contributed by atoms with Crippen LogP contribution in [-0.2, 0) is 13.0 Å². The van der Waals surface area contributed by atoms with Crippen LogP contribution in [0.4, 0.5) is 11.5 Å². The molecular formula is C14H16N4O. The van der Waals surface area contributed by atoms with E-state index in [9.17, 15) is 0 Å². The molecule has 0 unspecified atom stereocenters. The predicted octanol–water partition coefficient (Wildman–Crippen LogP) is 1.63. The van der Waals surface area contributed by atoms with Crippen molar-refractivity contribution in [2.24, 2.45) is 0 Å². The molecule has 0 spiro atoms. The molecule has 0 saturated heterocycles.